The van der Waals surface area contributed by atoms with Gasteiger partial charge in [0.2, 0.25) is 0 Å². The number of esters is 3. The topological polar surface area (TPSA) is 78.9 Å². The molecule has 0 aliphatic heterocycles. The van der Waals surface area contributed by atoms with E-state index in [1.165, 1.54) is 0 Å². The molecule has 0 aromatic heterocycles. The van der Waals surface area contributed by atoms with Crippen molar-refractivity contribution in [2.24, 2.45) is 5.41 Å². The van der Waals surface area contributed by atoms with Crippen LogP contribution in [0.2, 0.25) is 0 Å². The van der Waals surface area contributed by atoms with Crippen LogP contribution in [-0.2, 0) is 28.6 Å². The van der Waals surface area contributed by atoms with Crippen LogP contribution in [0.4, 0.5) is 0 Å². The molecule has 3 atom stereocenters. The minimum atomic E-state index is -1.51. The van der Waals surface area contributed by atoms with Gasteiger partial charge in [-0.25, -0.2) is 0 Å². The van der Waals surface area contributed by atoms with Crippen molar-refractivity contribution in [2.45, 2.75) is 57.2 Å². The van der Waals surface area contributed by atoms with Gasteiger partial charge in [-0.2, -0.15) is 0 Å². The molecule has 0 aliphatic rings. The van der Waals surface area contributed by atoms with Gasteiger partial charge < -0.3 is 14.2 Å². The lowest BCUT2D eigenvalue weighted by Gasteiger charge is -2.41. The van der Waals surface area contributed by atoms with E-state index in [1.807, 2.05) is 0 Å². The number of ether oxygens (including phenoxy) is 3. The molecule has 0 radical (unpaired) electrons. The number of hydrogen-bond donors (Lipinski definition) is 0. The molecule has 0 N–H and O–H groups in total. The van der Waals surface area contributed by atoms with Gasteiger partial charge in [0.05, 0.1) is 0 Å². The quantitative estimate of drug-likeness (QED) is 0.367. The molecule has 0 bridgehead atoms. The Kier molecular flexibility index (Phi) is 9.12. The summed E-state index contributed by atoms with van der Waals surface area (Å²) >= 11 is 18.4. The molecule has 0 rings (SSSR count). The lowest BCUT2D eigenvalue weighted by atomic mass is 9.84. The number of carbonyl (C=O) groups excluding carboxylic acids is 3. The van der Waals surface area contributed by atoms with Crippen LogP contribution in [0.1, 0.15) is 40.5 Å². The molecule has 22 heavy (non-hydrogen) atoms. The summed E-state index contributed by atoms with van der Waals surface area (Å²) in [6.45, 7) is 5.24. The van der Waals surface area contributed by atoms with E-state index in [9.17, 15) is 14.4 Å². The van der Waals surface area contributed by atoms with Gasteiger partial charge in [0.25, 0.3) is 0 Å². The number of hydrogen-bond acceptors (Lipinski definition) is 6. The summed E-state index contributed by atoms with van der Waals surface area (Å²) in [5.74, 6) is -2.04. The molecule has 0 heterocycles. The molecule has 9 heteroatoms. The van der Waals surface area contributed by atoms with Crippen LogP contribution < -0.4 is 0 Å². The third kappa shape index (κ3) is 5.82. The Morgan fingerprint density at radius 1 is 0.818 bits per heavy atom. The summed E-state index contributed by atoms with van der Waals surface area (Å²) < 4.78 is 14.8. The van der Waals surface area contributed by atoms with Crippen molar-refractivity contribution < 1.29 is 28.6 Å². The van der Waals surface area contributed by atoms with Crippen molar-refractivity contribution >= 4 is 52.7 Å². The third-order valence-electron chi connectivity index (χ3n) is 2.76. The maximum atomic E-state index is 11.2. The number of rotatable bonds is 8. The highest BCUT2D eigenvalue weighted by Gasteiger charge is 2.55. The van der Waals surface area contributed by atoms with E-state index in [0.29, 0.717) is 6.42 Å². The Bertz CT molecular complexity index is 360. The summed E-state index contributed by atoms with van der Waals surface area (Å²) in [6.07, 6.45) is 0.677. The maximum absolute atomic E-state index is 11.2. The third-order valence-corrected chi connectivity index (χ3v) is 4.25. The zero-order valence-electron chi connectivity index (χ0n) is 12.7. The zero-order valence-corrected chi connectivity index (χ0v) is 15.0. The van der Waals surface area contributed by atoms with Crippen molar-refractivity contribution in [1.82, 2.24) is 0 Å². The Balaban J connectivity index is 5.74. The summed E-state index contributed by atoms with van der Waals surface area (Å²) in [5.41, 5.74) is -5.61. The maximum Gasteiger partial charge on any atom is 0.304 e. The first-order valence-electron chi connectivity index (χ1n) is 6.51. The first kappa shape index (κ1) is 21.3. The Labute approximate surface area is 144 Å². The number of alkyl halides is 3. The van der Waals surface area contributed by atoms with Gasteiger partial charge in [-0.15, -0.1) is 0 Å². The second kappa shape index (κ2) is 9.43. The van der Waals surface area contributed by atoms with Crippen molar-refractivity contribution in [1.29, 1.82) is 0 Å². The number of halogens is 3. The molecule has 0 amide bonds. The summed E-state index contributed by atoms with van der Waals surface area (Å²) in [5, 5.41) is 0. The summed E-state index contributed by atoms with van der Waals surface area (Å²) in [4.78, 5) is 33.6. The first-order chi connectivity index (χ1) is 10.1. The minimum absolute atomic E-state index is 0.178. The fourth-order valence-corrected chi connectivity index (χ4v) is 3.43. The predicted octanol–water partition coefficient (Wildman–Crippen LogP) is 3.16. The summed E-state index contributed by atoms with van der Waals surface area (Å²) in [6, 6.07) is 0. The summed E-state index contributed by atoms with van der Waals surface area (Å²) in [7, 11) is 0. The Hall–Kier alpha value is -0.720. The van der Waals surface area contributed by atoms with E-state index in [0.717, 1.165) is 20.8 Å². The zero-order chi connectivity index (χ0) is 17.5. The highest BCUT2D eigenvalue weighted by atomic mass is 35.5. The fraction of sp³-hybridized carbons (Fsp3) is 0.769. The average Bonchev–Trinajstić information content (AvgIpc) is 2.32. The van der Waals surface area contributed by atoms with E-state index in [4.69, 9.17) is 49.0 Å². The largest absolute Gasteiger partial charge is 0.445 e. The molecule has 6 nitrogen and oxygen atoms in total. The Morgan fingerprint density at radius 3 is 1.27 bits per heavy atom. The highest BCUT2D eigenvalue weighted by molar-refractivity contribution is 6.27. The molecule has 0 aromatic carbocycles. The lowest BCUT2D eigenvalue weighted by molar-refractivity contribution is -0.171. The van der Waals surface area contributed by atoms with Crippen LogP contribution in [0, 0.1) is 5.41 Å². The second-order valence-electron chi connectivity index (χ2n) is 4.64. The molecule has 0 aromatic rings. The molecule has 0 saturated carbocycles. The molecule has 0 aliphatic carbocycles. The van der Waals surface area contributed by atoms with E-state index in [-0.39, 0.29) is 6.42 Å². The standard InChI is InChI=1S/C13H19Cl3O6/c1-5-6-13(10(14)20-7(2)17,11(15)21-8(3)18)12(16)22-9(4)19/h10-12H,5-6H2,1-4H3. The first-order valence-corrected chi connectivity index (χ1v) is 7.82. The van der Waals surface area contributed by atoms with Gasteiger partial charge in [0, 0.05) is 20.8 Å². The minimum Gasteiger partial charge on any atom is -0.445 e. The average molecular weight is 378 g/mol. The second-order valence-corrected chi connectivity index (χ2v) is 5.83. The molecule has 0 saturated heterocycles. The lowest BCUT2D eigenvalue weighted by Crippen LogP contribution is -2.51. The van der Waals surface area contributed by atoms with Crippen molar-refractivity contribution in [3.8, 4) is 0 Å². The molecule has 0 fully saturated rings. The van der Waals surface area contributed by atoms with Crippen LogP contribution in [0.3, 0.4) is 0 Å². The molecule has 3 unspecified atom stereocenters. The molecule has 0 spiro atoms. The van der Waals surface area contributed by atoms with Crippen LogP contribution in [0.15, 0.2) is 0 Å². The van der Waals surface area contributed by atoms with Gasteiger partial charge in [-0.3, -0.25) is 14.4 Å². The normalized spacial score (nSPS) is 17.6. The van der Waals surface area contributed by atoms with Crippen molar-refractivity contribution in [2.75, 3.05) is 0 Å². The van der Waals surface area contributed by atoms with Crippen molar-refractivity contribution in [3.63, 3.8) is 0 Å². The van der Waals surface area contributed by atoms with E-state index in [2.05, 4.69) is 0 Å². The monoisotopic (exact) mass is 376 g/mol. The fourth-order valence-electron chi connectivity index (χ4n) is 1.85. The molecular formula is C13H19Cl3O6. The van der Waals surface area contributed by atoms with Gasteiger partial charge in [0.1, 0.15) is 5.41 Å². The van der Waals surface area contributed by atoms with Crippen LogP contribution in [0.5, 0.6) is 0 Å². The van der Waals surface area contributed by atoms with Gasteiger partial charge in [0.15, 0.2) is 16.7 Å². The van der Waals surface area contributed by atoms with Crippen LogP contribution in [0.25, 0.3) is 0 Å². The van der Waals surface area contributed by atoms with Crippen molar-refractivity contribution in [3.05, 3.63) is 0 Å². The predicted molar refractivity (Wildman–Crippen MR) is 81.6 cm³/mol. The van der Waals surface area contributed by atoms with E-state index >= 15 is 0 Å². The molecule has 128 valence electrons. The Morgan fingerprint density at radius 2 is 1.09 bits per heavy atom. The van der Waals surface area contributed by atoms with Gasteiger partial charge in [-0.1, -0.05) is 48.1 Å². The van der Waals surface area contributed by atoms with Gasteiger partial charge >= 0.3 is 17.9 Å². The van der Waals surface area contributed by atoms with Crippen LogP contribution >= 0.6 is 34.8 Å². The molecular weight excluding hydrogens is 358 g/mol. The number of carbonyl (C=O) groups is 3. The van der Waals surface area contributed by atoms with Crippen LogP contribution in [-0.4, -0.2) is 34.6 Å². The highest BCUT2D eigenvalue weighted by Crippen LogP contribution is 2.46. The smallest absolute Gasteiger partial charge is 0.304 e. The SMILES string of the molecule is CCCC(C(Cl)OC(C)=O)(C(Cl)OC(C)=O)C(Cl)OC(C)=O. The van der Waals surface area contributed by atoms with E-state index in [1.54, 1.807) is 6.92 Å². The van der Waals surface area contributed by atoms with Gasteiger partial charge in [-0.05, 0) is 6.42 Å². The van der Waals surface area contributed by atoms with E-state index < -0.39 is 40.0 Å².